The van der Waals surface area contributed by atoms with Crippen LogP contribution in [-0.2, 0) is 0 Å². The molecule has 0 bridgehead atoms. The first kappa shape index (κ1) is 13.2. The minimum absolute atomic E-state index is 0.00639. The zero-order valence-corrected chi connectivity index (χ0v) is 9.89. The van der Waals surface area contributed by atoms with Crippen molar-refractivity contribution >= 4 is 5.84 Å². The van der Waals surface area contributed by atoms with E-state index in [9.17, 15) is 0 Å². The second-order valence-electron chi connectivity index (χ2n) is 5.57. The Morgan fingerprint density at radius 2 is 1.79 bits per heavy atom. The summed E-state index contributed by atoms with van der Waals surface area (Å²) < 4.78 is 0. The first-order valence-corrected chi connectivity index (χ1v) is 4.88. The molecule has 4 N–H and O–H groups in total. The largest absolute Gasteiger partial charge is 0.409 e. The number of nitrogens with zero attached hydrogens (tertiary/aromatic N) is 1. The lowest BCUT2D eigenvalue weighted by atomic mass is 9.82. The molecular formula is C10H23N3O. The van der Waals surface area contributed by atoms with Gasteiger partial charge in [0.15, 0.2) is 5.84 Å². The second-order valence-corrected chi connectivity index (χ2v) is 5.57. The maximum absolute atomic E-state index is 8.39. The van der Waals surface area contributed by atoms with Gasteiger partial charge in [-0.25, -0.2) is 0 Å². The summed E-state index contributed by atoms with van der Waals surface area (Å²) in [6.07, 6.45) is 1.03. The van der Waals surface area contributed by atoms with Crippen LogP contribution in [0.25, 0.3) is 0 Å². The van der Waals surface area contributed by atoms with Crippen LogP contribution in [0.4, 0.5) is 0 Å². The highest BCUT2D eigenvalue weighted by atomic mass is 16.4. The van der Waals surface area contributed by atoms with E-state index in [-0.39, 0.29) is 16.8 Å². The molecule has 0 rings (SSSR count). The SMILES string of the molecule is CC(C)(C)CC(C)(C)NCC(N)=NO. The molecule has 0 amide bonds. The summed E-state index contributed by atoms with van der Waals surface area (Å²) in [5.74, 6) is 0.215. The van der Waals surface area contributed by atoms with Crippen LogP contribution in [0.2, 0.25) is 0 Å². The lowest BCUT2D eigenvalue weighted by Crippen LogP contribution is -2.46. The van der Waals surface area contributed by atoms with Gasteiger partial charge in [-0.15, -0.1) is 0 Å². The average molecular weight is 201 g/mol. The molecule has 0 aliphatic rings. The van der Waals surface area contributed by atoms with Gasteiger partial charge in [0.1, 0.15) is 0 Å². The standard InChI is InChI=1S/C10H23N3O/c1-9(2,3)7-10(4,5)12-6-8(11)13-14/h12,14H,6-7H2,1-5H3,(H2,11,13). The Labute approximate surface area is 86.6 Å². The van der Waals surface area contributed by atoms with Gasteiger partial charge in [0.05, 0.1) is 6.54 Å². The minimum atomic E-state index is -0.00639. The Kier molecular flexibility index (Phi) is 4.39. The van der Waals surface area contributed by atoms with Crippen molar-refractivity contribution in [1.29, 1.82) is 0 Å². The quantitative estimate of drug-likeness (QED) is 0.279. The third kappa shape index (κ3) is 6.71. The molecule has 0 saturated carbocycles. The van der Waals surface area contributed by atoms with Gasteiger partial charge in [-0.2, -0.15) is 0 Å². The molecule has 4 heteroatoms. The van der Waals surface area contributed by atoms with Gasteiger partial charge in [-0.05, 0) is 25.7 Å². The normalized spacial score (nSPS) is 14.5. The van der Waals surface area contributed by atoms with Gasteiger partial charge in [0, 0.05) is 5.54 Å². The molecule has 0 unspecified atom stereocenters. The fourth-order valence-corrected chi connectivity index (χ4v) is 1.75. The topological polar surface area (TPSA) is 70.6 Å². The summed E-state index contributed by atoms with van der Waals surface area (Å²) in [5.41, 5.74) is 5.64. The molecular weight excluding hydrogens is 178 g/mol. The van der Waals surface area contributed by atoms with Crippen LogP contribution in [0.5, 0.6) is 0 Å². The molecule has 0 aromatic carbocycles. The summed E-state index contributed by atoms with van der Waals surface area (Å²) in [6.45, 7) is 11.2. The Bertz CT molecular complexity index is 204. The van der Waals surface area contributed by atoms with Crippen LogP contribution in [0.15, 0.2) is 5.16 Å². The molecule has 14 heavy (non-hydrogen) atoms. The number of rotatable bonds is 4. The molecule has 0 saturated heterocycles. The Morgan fingerprint density at radius 1 is 1.29 bits per heavy atom. The average Bonchev–Trinajstić information content (AvgIpc) is 1.96. The molecule has 0 fully saturated rings. The number of oxime groups is 1. The number of nitrogens with two attached hydrogens (primary N) is 1. The highest BCUT2D eigenvalue weighted by Gasteiger charge is 2.24. The van der Waals surface area contributed by atoms with E-state index in [0.29, 0.717) is 6.54 Å². The van der Waals surface area contributed by atoms with Crippen LogP contribution in [0.3, 0.4) is 0 Å². The summed E-state index contributed by atoms with van der Waals surface area (Å²) in [5, 5.41) is 14.6. The summed E-state index contributed by atoms with van der Waals surface area (Å²) in [6, 6.07) is 0. The van der Waals surface area contributed by atoms with Gasteiger partial charge in [0.25, 0.3) is 0 Å². The van der Waals surface area contributed by atoms with E-state index in [4.69, 9.17) is 10.9 Å². The Hall–Kier alpha value is -0.770. The van der Waals surface area contributed by atoms with Gasteiger partial charge in [-0.1, -0.05) is 25.9 Å². The monoisotopic (exact) mass is 201 g/mol. The summed E-state index contributed by atoms with van der Waals surface area (Å²) in [4.78, 5) is 0. The fraction of sp³-hybridized carbons (Fsp3) is 0.900. The van der Waals surface area contributed by atoms with E-state index in [1.165, 1.54) is 0 Å². The fourth-order valence-electron chi connectivity index (χ4n) is 1.75. The molecule has 0 atom stereocenters. The highest BCUT2D eigenvalue weighted by molar-refractivity contribution is 5.81. The van der Waals surface area contributed by atoms with E-state index < -0.39 is 0 Å². The molecule has 0 aromatic rings. The van der Waals surface area contributed by atoms with Crippen LogP contribution in [0, 0.1) is 5.41 Å². The van der Waals surface area contributed by atoms with Crippen LogP contribution in [-0.4, -0.2) is 23.1 Å². The third-order valence-corrected chi connectivity index (χ3v) is 1.85. The van der Waals surface area contributed by atoms with E-state index >= 15 is 0 Å². The van der Waals surface area contributed by atoms with Crippen LogP contribution >= 0.6 is 0 Å². The van der Waals surface area contributed by atoms with E-state index in [1.54, 1.807) is 0 Å². The van der Waals surface area contributed by atoms with Crippen molar-refractivity contribution in [3.63, 3.8) is 0 Å². The molecule has 0 radical (unpaired) electrons. The molecule has 0 heterocycles. The minimum Gasteiger partial charge on any atom is -0.409 e. The first-order valence-electron chi connectivity index (χ1n) is 4.88. The third-order valence-electron chi connectivity index (χ3n) is 1.85. The zero-order valence-electron chi connectivity index (χ0n) is 9.89. The molecule has 0 aliphatic carbocycles. The van der Waals surface area contributed by atoms with Crippen molar-refractivity contribution < 1.29 is 5.21 Å². The number of nitrogens with one attached hydrogen (secondary N) is 1. The zero-order chi connectivity index (χ0) is 11.4. The summed E-state index contributed by atoms with van der Waals surface area (Å²) >= 11 is 0. The maximum atomic E-state index is 8.39. The molecule has 4 nitrogen and oxygen atoms in total. The lowest BCUT2D eigenvalue weighted by Gasteiger charge is -2.33. The van der Waals surface area contributed by atoms with Crippen molar-refractivity contribution in [2.24, 2.45) is 16.3 Å². The number of hydrogen-bond acceptors (Lipinski definition) is 3. The molecule has 84 valence electrons. The van der Waals surface area contributed by atoms with Crippen molar-refractivity contribution in [1.82, 2.24) is 5.32 Å². The second kappa shape index (κ2) is 4.64. The van der Waals surface area contributed by atoms with Gasteiger partial charge in [-0.3, -0.25) is 0 Å². The van der Waals surface area contributed by atoms with Crippen molar-refractivity contribution in [3.8, 4) is 0 Å². The van der Waals surface area contributed by atoms with Crippen LogP contribution < -0.4 is 11.1 Å². The number of hydrogen-bond donors (Lipinski definition) is 3. The predicted molar refractivity (Wildman–Crippen MR) is 59.6 cm³/mol. The Morgan fingerprint density at radius 3 is 2.14 bits per heavy atom. The van der Waals surface area contributed by atoms with Gasteiger partial charge < -0.3 is 16.3 Å². The summed E-state index contributed by atoms with van der Waals surface area (Å²) in [7, 11) is 0. The van der Waals surface area contributed by atoms with E-state index in [1.807, 2.05) is 0 Å². The van der Waals surface area contributed by atoms with Gasteiger partial charge in [0.2, 0.25) is 0 Å². The van der Waals surface area contributed by atoms with Crippen molar-refractivity contribution in [2.45, 2.75) is 46.6 Å². The maximum Gasteiger partial charge on any atom is 0.153 e. The van der Waals surface area contributed by atoms with Crippen molar-refractivity contribution in [3.05, 3.63) is 0 Å². The highest BCUT2D eigenvalue weighted by Crippen LogP contribution is 2.26. The van der Waals surface area contributed by atoms with Crippen LogP contribution in [0.1, 0.15) is 41.0 Å². The lowest BCUT2D eigenvalue weighted by molar-refractivity contribution is 0.248. The van der Waals surface area contributed by atoms with Gasteiger partial charge >= 0.3 is 0 Å². The number of amidine groups is 1. The molecule has 0 spiro atoms. The Balaban J connectivity index is 4.08. The molecule has 0 aliphatic heterocycles. The van der Waals surface area contributed by atoms with E-state index in [0.717, 1.165) is 6.42 Å². The smallest absolute Gasteiger partial charge is 0.153 e. The van der Waals surface area contributed by atoms with Crippen molar-refractivity contribution in [2.75, 3.05) is 6.54 Å². The van der Waals surface area contributed by atoms with E-state index in [2.05, 4.69) is 45.1 Å². The molecule has 0 aromatic heterocycles. The first-order chi connectivity index (χ1) is 6.16. The predicted octanol–water partition coefficient (Wildman–Crippen LogP) is 1.54.